The maximum atomic E-state index is 13.0. The van der Waals surface area contributed by atoms with Gasteiger partial charge in [0.1, 0.15) is 5.82 Å². The van der Waals surface area contributed by atoms with Crippen molar-refractivity contribution in [1.29, 1.82) is 0 Å². The van der Waals surface area contributed by atoms with E-state index in [1.165, 1.54) is 0 Å². The number of aromatic nitrogens is 3. The standard InChI is InChI=1S/C18H23N5O3S/c1-18(8-9-18)17(24)23-11-13(22-27(2,25)26)10-14(23)16-19-15(20-21-16)12-6-4-3-5-7-12/h3-7,13-14,22H,8-11H2,1-2H3,(H,19,20,21)/t13-,14-/m0/s1. The smallest absolute Gasteiger partial charge is 0.229 e. The summed E-state index contributed by atoms with van der Waals surface area (Å²) in [5, 5.41) is 7.24. The highest BCUT2D eigenvalue weighted by Crippen LogP contribution is 2.49. The zero-order valence-corrected chi connectivity index (χ0v) is 16.2. The third-order valence-corrected chi connectivity index (χ3v) is 6.07. The van der Waals surface area contributed by atoms with Gasteiger partial charge in [0, 0.05) is 23.6 Å². The van der Waals surface area contributed by atoms with Crippen molar-refractivity contribution in [2.75, 3.05) is 12.8 Å². The summed E-state index contributed by atoms with van der Waals surface area (Å²) in [5.41, 5.74) is 0.552. The summed E-state index contributed by atoms with van der Waals surface area (Å²) in [6, 6.07) is 8.94. The summed E-state index contributed by atoms with van der Waals surface area (Å²) in [6.45, 7) is 2.30. The molecule has 27 heavy (non-hydrogen) atoms. The molecule has 4 rings (SSSR count). The summed E-state index contributed by atoms with van der Waals surface area (Å²) in [7, 11) is -3.35. The number of rotatable bonds is 5. The van der Waals surface area contributed by atoms with Crippen LogP contribution in [0.25, 0.3) is 11.4 Å². The van der Waals surface area contributed by atoms with Gasteiger partial charge in [0.15, 0.2) is 5.82 Å². The minimum atomic E-state index is -3.35. The van der Waals surface area contributed by atoms with Crippen molar-refractivity contribution in [3.8, 4) is 11.4 Å². The van der Waals surface area contributed by atoms with Crippen LogP contribution in [0, 0.1) is 5.41 Å². The Balaban J connectivity index is 1.62. The molecule has 2 atom stereocenters. The number of amides is 1. The van der Waals surface area contributed by atoms with E-state index in [2.05, 4.69) is 19.9 Å². The molecule has 144 valence electrons. The van der Waals surface area contributed by atoms with Crippen LogP contribution < -0.4 is 4.72 Å². The van der Waals surface area contributed by atoms with Crippen LogP contribution >= 0.6 is 0 Å². The lowest BCUT2D eigenvalue weighted by atomic mass is 10.1. The van der Waals surface area contributed by atoms with Gasteiger partial charge in [-0.05, 0) is 19.3 Å². The van der Waals surface area contributed by atoms with Crippen LogP contribution in [0.15, 0.2) is 30.3 Å². The molecule has 2 N–H and O–H groups in total. The molecule has 0 unspecified atom stereocenters. The minimum Gasteiger partial charge on any atom is -0.330 e. The fraction of sp³-hybridized carbons (Fsp3) is 0.500. The van der Waals surface area contributed by atoms with E-state index >= 15 is 0 Å². The Morgan fingerprint density at radius 1 is 1.30 bits per heavy atom. The summed E-state index contributed by atoms with van der Waals surface area (Å²) >= 11 is 0. The van der Waals surface area contributed by atoms with E-state index in [1.807, 2.05) is 37.3 Å². The van der Waals surface area contributed by atoms with E-state index in [4.69, 9.17) is 0 Å². The van der Waals surface area contributed by atoms with Crippen molar-refractivity contribution in [3.05, 3.63) is 36.2 Å². The SMILES string of the molecule is CC1(C(=O)N2C[C@@H](NS(C)(=O)=O)C[C@H]2c2nc(-c3ccccc3)n[nH]2)CC1. The molecule has 0 spiro atoms. The number of carbonyl (C=O) groups excluding carboxylic acids is 1. The predicted octanol–water partition coefficient (Wildman–Crippen LogP) is 1.46. The Hall–Kier alpha value is -2.26. The van der Waals surface area contributed by atoms with Gasteiger partial charge in [-0.3, -0.25) is 9.89 Å². The van der Waals surface area contributed by atoms with Gasteiger partial charge in [-0.1, -0.05) is 37.3 Å². The Morgan fingerprint density at radius 2 is 2.00 bits per heavy atom. The van der Waals surface area contributed by atoms with Crippen molar-refractivity contribution < 1.29 is 13.2 Å². The Bertz CT molecular complexity index is 952. The average molecular weight is 389 g/mol. The normalized spacial score (nSPS) is 24.1. The number of carbonyl (C=O) groups is 1. The van der Waals surface area contributed by atoms with Gasteiger partial charge in [-0.25, -0.2) is 18.1 Å². The molecule has 8 nitrogen and oxygen atoms in total. The molecular formula is C18H23N5O3S. The predicted molar refractivity (Wildman–Crippen MR) is 100.0 cm³/mol. The average Bonchev–Trinajstić information content (AvgIpc) is 3.05. The summed E-state index contributed by atoms with van der Waals surface area (Å²) < 4.78 is 25.9. The molecule has 1 saturated heterocycles. The van der Waals surface area contributed by atoms with Crippen molar-refractivity contribution >= 4 is 15.9 Å². The van der Waals surface area contributed by atoms with E-state index in [-0.39, 0.29) is 23.4 Å². The Labute approximate surface area is 158 Å². The van der Waals surface area contributed by atoms with Gasteiger partial charge in [0.05, 0.1) is 12.3 Å². The largest absolute Gasteiger partial charge is 0.330 e. The number of aromatic amines is 1. The van der Waals surface area contributed by atoms with E-state index in [0.717, 1.165) is 24.7 Å². The molecular weight excluding hydrogens is 366 g/mol. The second-order valence-corrected chi connectivity index (χ2v) is 9.55. The molecule has 1 amide bonds. The third-order valence-electron chi connectivity index (χ3n) is 5.31. The molecule has 2 aliphatic rings. The first-order valence-electron chi connectivity index (χ1n) is 9.01. The van der Waals surface area contributed by atoms with Gasteiger partial charge >= 0.3 is 0 Å². The van der Waals surface area contributed by atoms with E-state index in [1.54, 1.807) is 4.90 Å². The van der Waals surface area contributed by atoms with Gasteiger partial charge < -0.3 is 4.90 Å². The lowest BCUT2D eigenvalue weighted by Crippen LogP contribution is -2.40. The van der Waals surface area contributed by atoms with Crippen LogP contribution in [-0.4, -0.2) is 53.2 Å². The molecule has 0 bridgehead atoms. The van der Waals surface area contributed by atoms with Crippen molar-refractivity contribution in [2.45, 2.75) is 38.3 Å². The number of hydrogen-bond donors (Lipinski definition) is 2. The van der Waals surface area contributed by atoms with Gasteiger partial charge in [-0.15, -0.1) is 0 Å². The number of sulfonamides is 1. The van der Waals surface area contributed by atoms with Crippen LogP contribution in [0.4, 0.5) is 0 Å². The van der Waals surface area contributed by atoms with Crippen LogP contribution in [0.5, 0.6) is 0 Å². The number of H-pyrrole nitrogens is 1. The lowest BCUT2D eigenvalue weighted by Gasteiger charge is -2.26. The number of likely N-dealkylation sites (tertiary alicyclic amines) is 1. The van der Waals surface area contributed by atoms with Crippen LogP contribution in [0.3, 0.4) is 0 Å². The number of benzene rings is 1. The Kier molecular flexibility index (Phi) is 4.31. The maximum Gasteiger partial charge on any atom is 0.229 e. The minimum absolute atomic E-state index is 0.0583. The molecule has 1 saturated carbocycles. The number of nitrogens with zero attached hydrogens (tertiary/aromatic N) is 3. The zero-order chi connectivity index (χ0) is 19.2. The van der Waals surface area contributed by atoms with Crippen LogP contribution in [-0.2, 0) is 14.8 Å². The summed E-state index contributed by atoms with van der Waals surface area (Å²) in [4.78, 5) is 19.3. The van der Waals surface area contributed by atoms with Crippen molar-refractivity contribution in [2.24, 2.45) is 5.41 Å². The first kappa shape index (κ1) is 18.1. The first-order valence-corrected chi connectivity index (χ1v) is 10.9. The molecule has 2 heterocycles. The maximum absolute atomic E-state index is 13.0. The molecule has 0 radical (unpaired) electrons. The fourth-order valence-corrected chi connectivity index (χ4v) is 4.37. The topological polar surface area (TPSA) is 108 Å². The summed E-state index contributed by atoms with van der Waals surface area (Å²) in [6.07, 6.45) is 3.34. The number of hydrogen-bond acceptors (Lipinski definition) is 5. The van der Waals surface area contributed by atoms with Crippen molar-refractivity contribution in [1.82, 2.24) is 24.8 Å². The molecule has 2 fully saturated rings. The second kappa shape index (κ2) is 6.42. The highest BCUT2D eigenvalue weighted by atomic mass is 32.2. The van der Waals surface area contributed by atoms with Crippen molar-refractivity contribution in [3.63, 3.8) is 0 Å². The molecule has 9 heteroatoms. The first-order chi connectivity index (χ1) is 12.8. The molecule has 2 aromatic rings. The number of nitrogens with one attached hydrogen (secondary N) is 2. The highest BCUT2D eigenvalue weighted by molar-refractivity contribution is 7.88. The van der Waals surface area contributed by atoms with E-state index < -0.39 is 10.0 Å². The lowest BCUT2D eigenvalue weighted by molar-refractivity contribution is -0.137. The van der Waals surface area contributed by atoms with Gasteiger partial charge in [0.25, 0.3) is 0 Å². The van der Waals surface area contributed by atoms with Gasteiger partial charge in [0.2, 0.25) is 15.9 Å². The third kappa shape index (κ3) is 3.74. The second-order valence-electron chi connectivity index (χ2n) is 7.77. The monoisotopic (exact) mass is 389 g/mol. The molecule has 1 aromatic heterocycles. The van der Waals surface area contributed by atoms with E-state index in [0.29, 0.717) is 24.6 Å². The van der Waals surface area contributed by atoms with E-state index in [9.17, 15) is 13.2 Å². The van der Waals surface area contributed by atoms with Crippen LogP contribution in [0.1, 0.15) is 38.1 Å². The zero-order valence-electron chi connectivity index (χ0n) is 15.3. The highest BCUT2D eigenvalue weighted by Gasteiger charge is 2.51. The summed E-state index contributed by atoms with van der Waals surface area (Å²) in [5.74, 6) is 1.21. The Morgan fingerprint density at radius 3 is 2.63 bits per heavy atom. The molecule has 1 aromatic carbocycles. The fourth-order valence-electron chi connectivity index (χ4n) is 3.60. The molecule has 1 aliphatic heterocycles. The van der Waals surface area contributed by atoms with Crippen LogP contribution in [0.2, 0.25) is 0 Å². The van der Waals surface area contributed by atoms with Gasteiger partial charge in [-0.2, -0.15) is 5.10 Å². The molecule has 1 aliphatic carbocycles. The quantitative estimate of drug-likeness (QED) is 0.805.